The molecule has 3 N–H and O–H groups in total. The Hall–Kier alpha value is -1.35. The van der Waals surface area contributed by atoms with Crippen molar-refractivity contribution in [2.24, 2.45) is 23.0 Å². The Bertz CT molecular complexity index is 456. The molecule has 0 saturated heterocycles. The van der Waals surface area contributed by atoms with Crippen molar-refractivity contribution in [1.82, 2.24) is 0 Å². The Kier molecular flexibility index (Phi) is 7.08. The molecule has 0 heterocycles. The lowest BCUT2D eigenvalue weighted by Gasteiger charge is -2.35. The predicted molar refractivity (Wildman–Crippen MR) is 91.7 cm³/mol. The molecule has 3 atom stereocenters. The first-order valence-corrected chi connectivity index (χ1v) is 8.30. The van der Waals surface area contributed by atoms with Crippen molar-refractivity contribution < 1.29 is 9.90 Å². The zero-order chi connectivity index (χ0) is 16.8. The van der Waals surface area contributed by atoms with E-state index in [1.54, 1.807) is 0 Å². The fourth-order valence-electron chi connectivity index (χ4n) is 2.89. The van der Waals surface area contributed by atoms with E-state index in [1.807, 2.05) is 13.0 Å². The van der Waals surface area contributed by atoms with Gasteiger partial charge in [-0.3, -0.25) is 4.79 Å². The fraction of sp³-hybridized carbons (Fsp3) is 0.632. The van der Waals surface area contributed by atoms with Gasteiger partial charge in [-0.05, 0) is 42.6 Å². The number of benzene rings is 1. The number of hydrogen-bond donors (Lipinski definition) is 2. The molecule has 0 aliphatic rings. The zero-order valence-corrected chi connectivity index (χ0v) is 14.4. The first-order valence-electron chi connectivity index (χ1n) is 8.30. The van der Waals surface area contributed by atoms with Crippen LogP contribution in [0.4, 0.5) is 0 Å². The van der Waals surface area contributed by atoms with Gasteiger partial charge in [0.1, 0.15) is 0 Å². The molecule has 0 saturated carbocycles. The maximum Gasteiger partial charge on any atom is 0.308 e. The molecule has 0 spiro atoms. The van der Waals surface area contributed by atoms with Gasteiger partial charge in [0.2, 0.25) is 0 Å². The Morgan fingerprint density at radius 1 is 1.27 bits per heavy atom. The molecule has 124 valence electrons. The molecule has 22 heavy (non-hydrogen) atoms. The van der Waals surface area contributed by atoms with Gasteiger partial charge >= 0.3 is 5.97 Å². The highest BCUT2D eigenvalue weighted by atomic mass is 16.4. The first-order chi connectivity index (χ1) is 10.3. The molecule has 3 unspecified atom stereocenters. The minimum absolute atomic E-state index is 0.0371. The SMILES string of the molecule is CCC(N)C(CC(C)(C)C(C)CCc1ccccc1)C(=O)O. The number of nitrogens with two attached hydrogens (primary N) is 1. The number of carboxylic acid groups (broad SMARTS) is 1. The summed E-state index contributed by atoms with van der Waals surface area (Å²) in [4.78, 5) is 11.5. The second-order valence-electron chi connectivity index (χ2n) is 7.13. The van der Waals surface area contributed by atoms with Crippen LogP contribution in [0.15, 0.2) is 30.3 Å². The van der Waals surface area contributed by atoms with Crippen LogP contribution >= 0.6 is 0 Å². The maximum absolute atomic E-state index is 11.5. The molecule has 1 rings (SSSR count). The number of hydrogen-bond acceptors (Lipinski definition) is 2. The molecule has 0 aliphatic heterocycles. The molecule has 1 aromatic carbocycles. The molecule has 3 nitrogen and oxygen atoms in total. The summed E-state index contributed by atoms with van der Waals surface area (Å²) in [5.41, 5.74) is 7.31. The van der Waals surface area contributed by atoms with Crippen LogP contribution in [0.3, 0.4) is 0 Å². The quantitative estimate of drug-likeness (QED) is 0.721. The highest BCUT2D eigenvalue weighted by Gasteiger charge is 2.34. The highest BCUT2D eigenvalue weighted by molar-refractivity contribution is 5.70. The van der Waals surface area contributed by atoms with Crippen molar-refractivity contribution in [3.63, 3.8) is 0 Å². The number of aryl methyl sites for hydroxylation is 1. The van der Waals surface area contributed by atoms with Crippen molar-refractivity contribution in [1.29, 1.82) is 0 Å². The van der Waals surface area contributed by atoms with Gasteiger partial charge in [-0.2, -0.15) is 0 Å². The Morgan fingerprint density at radius 3 is 2.36 bits per heavy atom. The van der Waals surface area contributed by atoms with Gasteiger partial charge in [0.25, 0.3) is 0 Å². The average Bonchev–Trinajstić information content (AvgIpc) is 2.50. The maximum atomic E-state index is 11.5. The molecular weight excluding hydrogens is 274 g/mol. The third-order valence-electron chi connectivity index (χ3n) is 5.09. The summed E-state index contributed by atoms with van der Waals surface area (Å²) in [6, 6.07) is 10.2. The molecule has 0 fully saturated rings. The van der Waals surface area contributed by atoms with E-state index in [-0.39, 0.29) is 11.5 Å². The predicted octanol–water partition coefficient (Wildman–Crippen LogP) is 4.11. The third kappa shape index (κ3) is 5.45. The second kappa shape index (κ2) is 8.33. The van der Waals surface area contributed by atoms with Crippen molar-refractivity contribution in [2.45, 2.75) is 59.4 Å². The number of carboxylic acids is 1. The summed E-state index contributed by atoms with van der Waals surface area (Å²) in [5, 5.41) is 9.45. The van der Waals surface area contributed by atoms with E-state index in [2.05, 4.69) is 45.0 Å². The number of aliphatic carboxylic acids is 1. The van der Waals surface area contributed by atoms with Crippen LogP contribution in [0, 0.1) is 17.3 Å². The van der Waals surface area contributed by atoms with Crippen LogP contribution in [0.1, 0.15) is 52.5 Å². The van der Waals surface area contributed by atoms with E-state index in [9.17, 15) is 9.90 Å². The number of rotatable bonds is 9. The van der Waals surface area contributed by atoms with Gasteiger partial charge in [-0.15, -0.1) is 0 Å². The number of carbonyl (C=O) groups is 1. The molecule has 0 aliphatic carbocycles. The van der Waals surface area contributed by atoms with Crippen LogP contribution in [0.25, 0.3) is 0 Å². The summed E-state index contributed by atoms with van der Waals surface area (Å²) in [7, 11) is 0. The second-order valence-corrected chi connectivity index (χ2v) is 7.13. The molecule has 1 aromatic rings. The summed E-state index contributed by atoms with van der Waals surface area (Å²) in [6.07, 6.45) is 3.42. The van der Waals surface area contributed by atoms with Gasteiger partial charge in [0.15, 0.2) is 0 Å². The van der Waals surface area contributed by atoms with Gasteiger partial charge in [0.05, 0.1) is 5.92 Å². The molecule has 0 aromatic heterocycles. The largest absolute Gasteiger partial charge is 0.481 e. The summed E-state index contributed by atoms with van der Waals surface area (Å²) >= 11 is 0. The highest BCUT2D eigenvalue weighted by Crippen LogP contribution is 2.37. The normalized spacial score (nSPS) is 16.0. The molecular formula is C19H31NO2. The van der Waals surface area contributed by atoms with Crippen LogP contribution in [-0.2, 0) is 11.2 Å². The molecule has 0 amide bonds. The van der Waals surface area contributed by atoms with Gasteiger partial charge in [0, 0.05) is 6.04 Å². The van der Waals surface area contributed by atoms with E-state index in [0.29, 0.717) is 18.8 Å². The lowest BCUT2D eigenvalue weighted by atomic mass is 9.70. The smallest absolute Gasteiger partial charge is 0.308 e. The standard InChI is InChI=1S/C19H31NO2/c1-5-17(20)16(18(21)22)13-19(3,4)14(2)11-12-15-9-7-6-8-10-15/h6-10,14,16-17H,5,11-13,20H2,1-4H3,(H,21,22). The van der Waals surface area contributed by atoms with E-state index >= 15 is 0 Å². The van der Waals surface area contributed by atoms with E-state index in [4.69, 9.17) is 5.73 Å². The zero-order valence-electron chi connectivity index (χ0n) is 14.4. The lowest BCUT2D eigenvalue weighted by molar-refractivity contribution is -0.144. The van der Waals surface area contributed by atoms with Crippen LogP contribution in [-0.4, -0.2) is 17.1 Å². The Balaban J connectivity index is 2.64. The van der Waals surface area contributed by atoms with Crippen molar-refractivity contribution >= 4 is 5.97 Å². The topological polar surface area (TPSA) is 63.3 Å². The molecule has 0 bridgehead atoms. The minimum Gasteiger partial charge on any atom is -0.481 e. The average molecular weight is 305 g/mol. The van der Waals surface area contributed by atoms with Gasteiger partial charge < -0.3 is 10.8 Å². The van der Waals surface area contributed by atoms with E-state index < -0.39 is 11.9 Å². The van der Waals surface area contributed by atoms with Gasteiger partial charge in [-0.25, -0.2) is 0 Å². The van der Waals surface area contributed by atoms with Crippen LogP contribution in [0.5, 0.6) is 0 Å². The van der Waals surface area contributed by atoms with E-state index in [0.717, 1.165) is 12.8 Å². The van der Waals surface area contributed by atoms with Crippen molar-refractivity contribution in [2.75, 3.05) is 0 Å². The lowest BCUT2D eigenvalue weighted by Crippen LogP contribution is -2.39. The fourth-order valence-corrected chi connectivity index (χ4v) is 2.89. The molecule has 3 heteroatoms. The summed E-state index contributed by atoms with van der Waals surface area (Å²) in [6.45, 7) is 8.51. The van der Waals surface area contributed by atoms with Crippen LogP contribution < -0.4 is 5.73 Å². The molecule has 0 radical (unpaired) electrons. The van der Waals surface area contributed by atoms with E-state index in [1.165, 1.54) is 5.56 Å². The Labute approximate surface area is 134 Å². The van der Waals surface area contributed by atoms with Crippen LogP contribution in [0.2, 0.25) is 0 Å². The monoisotopic (exact) mass is 305 g/mol. The minimum atomic E-state index is -0.766. The summed E-state index contributed by atoms with van der Waals surface area (Å²) in [5.74, 6) is -0.782. The van der Waals surface area contributed by atoms with Gasteiger partial charge in [-0.1, -0.05) is 58.0 Å². The third-order valence-corrected chi connectivity index (χ3v) is 5.09. The van der Waals surface area contributed by atoms with Crippen molar-refractivity contribution in [3.8, 4) is 0 Å². The van der Waals surface area contributed by atoms with Crippen molar-refractivity contribution in [3.05, 3.63) is 35.9 Å². The summed E-state index contributed by atoms with van der Waals surface area (Å²) < 4.78 is 0. The Morgan fingerprint density at radius 2 is 1.86 bits per heavy atom. The first kappa shape index (κ1) is 18.7.